The summed E-state index contributed by atoms with van der Waals surface area (Å²) in [6.45, 7) is 0.730. The smallest absolute Gasteiger partial charge is 0.236 e. The lowest BCUT2D eigenvalue weighted by Gasteiger charge is -2.03. The standard InChI is InChI=1S/C19H18N2O2S/c22-18(10-15-12-23-19(21-15)17-7-4-8-24-17)20-11-14-9-16(14)13-5-2-1-3-6-13/h1-8,12,14,16H,9-11H2,(H,20,22)/t14-,16+/m1/s1. The van der Waals surface area contributed by atoms with Crippen molar-refractivity contribution in [3.63, 3.8) is 0 Å². The van der Waals surface area contributed by atoms with E-state index in [4.69, 9.17) is 4.42 Å². The first kappa shape index (κ1) is 15.1. The monoisotopic (exact) mass is 338 g/mol. The Balaban J connectivity index is 1.26. The molecular formula is C19H18N2O2S. The van der Waals surface area contributed by atoms with Gasteiger partial charge in [-0.25, -0.2) is 4.98 Å². The van der Waals surface area contributed by atoms with Gasteiger partial charge in [-0.2, -0.15) is 0 Å². The minimum atomic E-state index is -0.000240. The Morgan fingerprint density at radius 1 is 1.25 bits per heavy atom. The van der Waals surface area contributed by atoms with Crippen molar-refractivity contribution in [2.24, 2.45) is 5.92 Å². The minimum Gasteiger partial charge on any atom is -0.444 e. The number of rotatable bonds is 6. The van der Waals surface area contributed by atoms with Gasteiger partial charge in [-0.15, -0.1) is 11.3 Å². The molecular weight excluding hydrogens is 320 g/mol. The van der Waals surface area contributed by atoms with Crippen LogP contribution in [0, 0.1) is 5.92 Å². The molecule has 0 saturated heterocycles. The Labute approximate surface area is 144 Å². The highest BCUT2D eigenvalue weighted by molar-refractivity contribution is 7.13. The second-order valence-corrected chi connectivity index (χ2v) is 7.06. The molecule has 0 spiro atoms. The van der Waals surface area contributed by atoms with Crippen molar-refractivity contribution in [1.82, 2.24) is 10.3 Å². The molecule has 4 rings (SSSR count). The molecule has 0 bridgehead atoms. The van der Waals surface area contributed by atoms with Crippen molar-refractivity contribution in [2.45, 2.75) is 18.8 Å². The van der Waals surface area contributed by atoms with E-state index in [2.05, 4.69) is 34.6 Å². The molecule has 2 atom stereocenters. The topological polar surface area (TPSA) is 55.1 Å². The first-order chi connectivity index (χ1) is 11.8. The molecule has 2 aromatic heterocycles. The molecule has 1 aromatic carbocycles. The first-order valence-electron chi connectivity index (χ1n) is 8.09. The van der Waals surface area contributed by atoms with Gasteiger partial charge in [0.2, 0.25) is 11.8 Å². The summed E-state index contributed by atoms with van der Waals surface area (Å²) in [7, 11) is 0. The number of amides is 1. The van der Waals surface area contributed by atoms with Gasteiger partial charge >= 0.3 is 0 Å². The highest BCUT2D eigenvalue weighted by Crippen LogP contribution is 2.46. The highest BCUT2D eigenvalue weighted by Gasteiger charge is 2.37. The normalized spacial score (nSPS) is 19.2. The van der Waals surface area contributed by atoms with Crippen molar-refractivity contribution in [1.29, 1.82) is 0 Å². The van der Waals surface area contributed by atoms with Crippen LogP contribution in [0.3, 0.4) is 0 Å². The van der Waals surface area contributed by atoms with Crippen LogP contribution < -0.4 is 5.32 Å². The Bertz CT molecular complexity index is 811. The number of oxazole rings is 1. The average Bonchev–Trinajstić information content (AvgIpc) is 2.99. The maximum atomic E-state index is 12.1. The molecule has 1 aliphatic rings. The van der Waals surface area contributed by atoms with E-state index in [0.29, 0.717) is 23.4 Å². The van der Waals surface area contributed by atoms with Crippen LogP contribution in [0.2, 0.25) is 0 Å². The lowest BCUT2D eigenvalue weighted by Crippen LogP contribution is -2.27. The summed E-state index contributed by atoms with van der Waals surface area (Å²) in [5, 5.41) is 5.00. The molecule has 4 nitrogen and oxygen atoms in total. The molecule has 1 saturated carbocycles. The third-order valence-corrected chi connectivity index (χ3v) is 5.19. The summed E-state index contributed by atoms with van der Waals surface area (Å²) in [5.41, 5.74) is 2.04. The fourth-order valence-corrected chi connectivity index (χ4v) is 3.61. The maximum Gasteiger partial charge on any atom is 0.236 e. The lowest BCUT2D eigenvalue weighted by atomic mass is 10.1. The SMILES string of the molecule is O=C(Cc1coc(-c2cccs2)n1)NC[C@H]1C[C@H]1c1ccccc1. The van der Waals surface area contributed by atoms with Gasteiger partial charge in [-0.3, -0.25) is 4.79 Å². The number of thiophene rings is 1. The number of aromatic nitrogens is 1. The number of hydrogen-bond donors (Lipinski definition) is 1. The van der Waals surface area contributed by atoms with Crippen LogP contribution in [0.25, 0.3) is 10.8 Å². The number of nitrogens with zero attached hydrogens (tertiary/aromatic N) is 1. The van der Waals surface area contributed by atoms with Gasteiger partial charge in [0, 0.05) is 6.54 Å². The van der Waals surface area contributed by atoms with Crippen LogP contribution in [0.1, 0.15) is 23.6 Å². The van der Waals surface area contributed by atoms with Crippen LogP contribution in [0.15, 0.2) is 58.5 Å². The van der Waals surface area contributed by atoms with Gasteiger partial charge in [0.05, 0.1) is 17.0 Å². The second kappa shape index (κ2) is 6.61. The maximum absolute atomic E-state index is 12.1. The molecule has 2 heterocycles. The zero-order valence-electron chi connectivity index (χ0n) is 13.1. The van der Waals surface area contributed by atoms with E-state index in [1.165, 1.54) is 5.56 Å². The van der Waals surface area contributed by atoms with Gasteiger partial charge in [0.25, 0.3) is 0 Å². The number of hydrogen-bond acceptors (Lipinski definition) is 4. The zero-order valence-corrected chi connectivity index (χ0v) is 14.0. The van der Waals surface area contributed by atoms with Gasteiger partial charge in [0.1, 0.15) is 6.26 Å². The van der Waals surface area contributed by atoms with E-state index in [-0.39, 0.29) is 12.3 Å². The molecule has 3 aromatic rings. The quantitative estimate of drug-likeness (QED) is 0.742. The molecule has 1 amide bonds. The molecule has 1 fully saturated rings. The number of nitrogens with one attached hydrogen (secondary N) is 1. The van der Waals surface area contributed by atoms with Crippen LogP contribution in [0.4, 0.5) is 0 Å². The Hall–Kier alpha value is -2.40. The molecule has 0 aliphatic heterocycles. The predicted molar refractivity (Wildman–Crippen MR) is 93.8 cm³/mol. The van der Waals surface area contributed by atoms with Gasteiger partial charge in [-0.05, 0) is 35.3 Å². The molecule has 0 unspecified atom stereocenters. The summed E-state index contributed by atoms with van der Waals surface area (Å²) in [4.78, 5) is 17.5. The van der Waals surface area contributed by atoms with Crippen molar-refractivity contribution in [2.75, 3.05) is 6.54 Å². The van der Waals surface area contributed by atoms with E-state index in [9.17, 15) is 4.79 Å². The summed E-state index contributed by atoms with van der Waals surface area (Å²) in [6.07, 6.45) is 2.98. The lowest BCUT2D eigenvalue weighted by molar-refractivity contribution is -0.120. The number of benzene rings is 1. The third-order valence-electron chi connectivity index (χ3n) is 4.34. The van der Waals surface area contributed by atoms with Crippen LogP contribution in [-0.4, -0.2) is 17.4 Å². The van der Waals surface area contributed by atoms with Crippen LogP contribution in [0.5, 0.6) is 0 Å². The number of carbonyl (C=O) groups is 1. The fourth-order valence-electron chi connectivity index (χ4n) is 2.96. The fraction of sp³-hybridized carbons (Fsp3) is 0.263. The minimum absolute atomic E-state index is 0.000240. The summed E-state index contributed by atoms with van der Waals surface area (Å²) >= 11 is 1.57. The van der Waals surface area contributed by atoms with Crippen molar-refractivity contribution < 1.29 is 9.21 Å². The van der Waals surface area contributed by atoms with Crippen molar-refractivity contribution >= 4 is 17.2 Å². The van der Waals surface area contributed by atoms with Crippen molar-refractivity contribution in [3.8, 4) is 10.8 Å². The molecule has 5 heteroatoms. The Morgan fingerprint density at radius 2 is 2.12 bits per heavy atom. The first-order valence-corrected chi connectivity index (χ1v) is 8.97. The van der Waals surface area contributed by atoms with Gasteiger partial charge in [0.15, 0.2) is 0 Å². The molecule has 24 heavy (non-hydrogen) atoms. The summed E-state index contributed by atoms with van der Waals surface area (Å²) in [6, 6.07) is 14.4. The zero-order chi connectivity index (χ0) is 16.4. The largest absolute Gasteiger partial charge is 0.444 e. The summed E-state index contributed by atoms with van der Waals surface area (Å²) < 4.78 is 5.44. The van der Waals surface area contributed by atoms with Crippen LogP contribution in [-0.2, 0) is 11.2 Å². The third kappa shape index (κ3) is 3.41. The van der Waals surface area contributed by atoms with E-state index in [1.54, 1.807) is 17.6 Å². The van der Waals surface area contributed by atoms with Gasteiger partial charge < -0.3 is 9.73 Å². The molecule has 1 N–H and O–H groups in total. The van der Waals surface area contributed by atoms with Crippen LogP contribution >= 0.6 is 11.3 Å². The molecule has 1 aliphatic carbocycles. The van der Waals surface area contributed by atoms with Gasteiger partial charge in [-0.1, -0.05) is 36.4 Å². The second-order valence-electron chi connectivity index (χ2n) is 6.12. The number of carbonyl (C=O) groups excluding carboxylic acids is 1. The van der Waals surface area contributed by atoms with E-state index in [1.807, 2.05) is 23.6 Å². The highest BCUT2D eigenvalue weighted by atomic mass is 32.1. The molecule has 0 radical (unpaired) electrons. The van der Waals surface area contributed by atoms with E-state index >= 15 is 0 Å². The molecule has 122 valence electrons. The van der Waals surface area contributed by atoms with E-state index in [0.717, 1.165) is 17.8 Å². The van der Waals surface area contributed by atoms with Crippen molar-refractivity contribution in [3.05, 3.63) is 65.4 Å². The average molecular weight is 338 g/mol. The predicted octanol–water partition coefficient (Wildman–Crippen LogP) is 3.87. The van der Waals surface area contributed by atoms with E-state index < -0.39 is 0 Å². The Kier molecular flexibility index (Phi) is 4.17. The summed E-state index contributed by atoms with van der Waals surface area (Å²) in [5.74, 6) is 1.72. The Morgan fingerprint density at radius 3 is 2.92 bits per heavy atom.